The maximum atomic E-state index is 14.9. The fourth-order valence-corrected chi connectivity index (χ4v) is 3.92. The minimum atomic E-state index is -1.30. The minimum Gasteiger partial charge on any atom is -0.462 e. The van der Waals surface area contributed by atoms with Crippen LogP contribution in [0.3, 0.4) is 0 Å². The Morgan fingerprint density at radius 1 is 1.23 bits per heavy atom. The minimum absolute atomic E-state index is 0.0700. The fourth-order valence-electron chi connectivity index (χ4n) is 3.16. The largest absolute Gasteiger partial charge is 0.462 e. The van der Waals surface area contributed by atoms with Gasteiger partial charge in [0.1, 0.15) is 29.9 Å². The SMILES string of the molecule is CCOC(=O)c1cn(COCC[Si](C)(C)C)c(C#N)c1-c1ccc(NC(=O)OC(C)(C)C)c(F)c1. The van der Waals surface area contributed by atoms with Gasteiger partial charge in [-0.3, -0.25) is 5.32 Å². The first-order valence-electron chi connectivity index (χ1n) is 11.4. The lowest BCUT2D eigenvalue weighted by Crippen LogP contribution is -2.27. The van der Waals surface area contributed by atoms with E-state index in [0.717, 1.165) is 12.1 Å². The van der Waals surface area contributed by atoms with Crippen molar-refractivity contribution >= 4 is 25.8 Å². The lowest BCUT2D eigenvalue weighted by atomic mass is 10.0. The molecule has 0 bridgehead atoms. The van der Waals surface area contributed by atoms with Crippen LogP contribution in [0.1, 0.15) is 43.7 Å². The summed E-state index contributed by atoms with van der Waals surface area (Å²) in [6.45, 7) is 14.2. The molecule has 0 aliphatic carbocycles. The second kappa shape index (κ2) is 11.5. The summed E-state index contributed by atoms with van der Waals surface area (Å²) in [4.78, 5) is 24.7. The van der Waals surface area contributed by atoms with Gasteiger partial charge in [0.15, 0.2) is 0 Å². The van der Waals surface area contributed by atoms with Gasteiger partial charge in [0.25, 0.3) is 0 Å². The molecule has 1 heterocycles. The molecule has 0 saturated heterocycles. The quantitative estimate of drug-likeness (QED) is 0.256. The molecule has 0 aliphatic rings. The third-order valence-corrected chi connectivity index (χ3v) is 6.50. The highest BCUT2D eigenvalue weighted by Crippen LogP contribution is 2.32. The van der Waals surface area contributed by atoms with E-state index in [9.17, 15) is 19.2 Å². The zero-order valence-electron chi connectivity index (χ0n) is 21.5. The van der Waals surface area contributed by atoms with Gasteiger partial charge in [0.2, 0.25) is 0 Å². The number of esters is 1. The Kier molecular flexibility index (Phi) is 9.23. The Hall–Kier alpha value is -3.16. The molecule has 190 valence electrons. The number of aromatic nitrogens is 1. The molecule has 0 unspecified atom stereocenters. The van der Waals surface area contributed by atoms with E-state index in [0.29, 0.717) is 6.61 Å². The van der Waals surface area contributed by atoms with Crippen LogP contribution in [-0.2, 0) is 20.9 Å². The van der Waals surface area contributed by atoms with E-state index in [1.165, 1.54) is 22.9 Å². The van der Waals surface area contributed by atoms with E-state index < -0.39 is 31.6 Å². The number of nitrogens with zero attached hydrogens (tertiary/aromatic N) is 2. The highest BCUT2D eigenvalue weighted by molar-refractivity contribution is 6.76. The van der Waals surface area contributed by atoms with Gasteiger partial charge < -0.3 is 18.8 Å². The van der Waals surface area contributed by atoms with E-state index >= 15 is 0 Å². The van der Waals surface area contributed by atoms with Gasteiger partial charge in [-0.25, -0.2) is 14.0 Å². The Balaban J connectivity index is 2.40. The second-order valence-electron chi connectivity index (χ2n) is 10.2. The summed E-state index contributed by atoms with van der Waals surface area (Å²) in [6, 6.07) is 7.08. The number of carbonyl (C=O) groups is 2. The van der Waals surface area contributed by atoms with Crippen molar-refractivity contribution in [2.75, 3.05) is 18.5 Å². The normalized spacial score (nSPS) is 11.6. The number of ether oxygens (including phenoxy) is 3. The molecule has 35 heavy (non-hydrogen) atoms. The number of benzene rings is 1. The van der Waals surface area contributed by atoms with Crippen molar-refractivity contribution < 1.29 is 28.2 Å². The molecule has 1 aromatic carbocycles. The van der Waals surface area contributed by atoms with Crippen LogP contribution in [0.25, 0.3) is 11.1 Å². The lowest BCUT2D eigenvalue weighted by Gasteiger charge is -2.20. The summed E-state index contributed by atoms with van der Waals surface area (Å²) < 4.78 is 32.5. The maximum Gasteiger partial charge on any atom is 0.412 e. The van der Waals surface area contributed by atoms with Gasteiger partial charge >= 0.3 is 12.1 Å². The number of amides is 1. The molecule has 0 fully saturated rings. The number of anilines is 1. The maximum absolute atomic E-state index is 14.9. The van der Waals surface area contributed by atoms with Gasteiger partial charge in [0, 0.05) is 26.4 Å². The molecular weight excluding hydrogens is 469 g/mol. The highest BCUT2D eigenvalue weighted by Gasteiger charge is 2.25. The number of nitrogens with one attached hydrogen (secondary N) is 1. The van der Waals surface area contributed by atoms with Crippen molar-refractivity contribution in [2.45, 2.75) is 65.7 Å². The summed E-state index contributed by atoms with van der Waals surface area (Å²) in [5, 5.41) is 12.3. The standard InChI is InChI=1S/C25H34FN3O5Si/c1-8-33-23(30)18-15-29(16-32-11-12-35(5,6)7)21(14-27)22(18)17-9-10-20(19(26)13-17)28-24(31)34-25(2,3)4/h9-10,13,15H,8,11-12,16H2,1-7H3,(H,28,31). The Bertz CT molecular complexity index is 1110. The summed E-state index contributed by atoms with van der Waals surface area (Å²) >= 11 is 0. The highest BCUT2D eigenvalue weighted by atomic mass is 28.3. The zero-order chi connectivity index (χ0) is 26.4. The Morgan fingerprint density at radius 3 is 2.46 bits per heavy atom. The summed E-state index contributed by atoms with van der Waals surface area (Å²) in [5.41, 5.74) is -0.0252. The molecule has 0 atom stereocenters. The smallest absolute Gasteiger partial charge is 0.412 e. The van der Waals surface area contributed by atoms with Crippen LogP contribution in [0.15, 0.2) is 24.4 Å². The number of hydrogen-bond donors (Lipinski definition) is 1. The average molecular weight is 504 g/mol. The van der Waals surface area contributed by atoms with Crippen LogP contribution in [0, 0.1) is 17.1 Å². The third-order valence-electron chi connectivity index (χ3n) is 4.80. The van der Waals surface area contributed by atoms with Crippen LogP contribution < -0.4 is 5.32 Å². The van der Waals surface area contributed by atoms with Gasteiger partial charge in [-0.15, -0.1) is 0 Å². The number of rotatable bonds is 9. The van der Waals surface area contributed by atoms with E-state index in [1.807, 2.05) is 0 Å². The van der Waals surface area contributed by atoms with Crippen LogP contribution >= 0.6 is 0 Å². The van der Waals surface area contributed by atoms with Crippen LogP contribution in [0.4, 0.5) is 14.9 Å². The van der Waals surface area contributed by atoms with E-state index in [4.69, 9.17) is 14.2 Å². The van der Waals surface area contributed by atoms with E-state index in [1.54, 1.807) is 27.7 Å². The summed E-state index contributed by atoms with van der Waals surface area (Å²) in [7, 11) is -1.30. The van der Waals surface area contributed by atoms with E-state index in [2.05, 4.69) is 31.0 Å². The molecule has 8 nitrogen and oxygen atoms in total. The zero-order valence-corrected chi connectivity index (χ0v) is 22.5. The molecular formula is C25H34FN3O5Si. The van der Waals surface area contributed by atoms with Crippen LogP contribution in [0.2, 0.25) is 25.7 Å². The van der Waals surface area contributed by atoms with Gasteiger partial charge in [0.05, 0.1) is 17.9 Å². The van der Waals surface area contributed by atoms with E-state index in [-0.39, 0.29) is 41.4 Å². The first-order valence-corrected chi connectivity index (χ1v) is 15.1. The van der Waals surface area contributed by atoms with Crippen LogP contribution in [0.5, 0.6) is 0 Å². The van der Waals surface area contributed by atoms with Crippen molar-refractivity contribution in [1.29, 1.82) is 5.26 Å². The molecule has 0 spiro atoms. The molecule has 0 aliphatic heterocycles. The van der Waals surface area contributed by atoms with Gasteiger partial charge in [-0.05, 0) is 51.4 Å². The first kappa shape index (κ1) is 28.1. The predicted molar refractivity (Wildman–Crippen MR) is 134 cm³/mol. The third kappa shape index (κ3) is 8.22. The number of hydrogen-bond acceptors (Lipinski definition) is 6. The molecule has 1 amide bonds. The lowest BCUT2D eigenvalue weighted by molar-refractivity contribution is 0.0524. The molecule has 1 aromatic heterocycles. The second-order valence-corrected chi connectivity index (χ2v) is 15.9. The number of carbonyl (C=O) groups excluding carboxylic acids is 2. The van der Waals surface area contributed by atoms with Crippen molar-refractivity contribution in [1.82, 2.24) is 4.57 Å². The van der Waals surface area contributed by atoms with Crippen LogP contribution in [-0.4, -0.2) is 43.5 Å². The number of halogens is 1. The predicted octanol–water partition coefficient (Wildman–Crippen LogP) is 6.00. The molecule has 2 rings (SSSR count). The molecule has 2 aromatic rings. The Labute approximate surface area is 207 Å². The van der Waals surface area contributed by atoms with Gasteiger partial charge in [-0.2, -0.15) is 5.26 Å². The molecule has 10 heteroatoms. The van der Waals surface area contributed by atoms with Crippen molar-refractivity contribution in [3.05, 3.63) is 41.5 Å². The molecule has 1 N–H and O–H groups in total. The summed E-state index contributed by atoms with van der Waals surface area (Å²) in [6.07, 6.45) is 0.696. The fraction of sp³-hybridized carbons (Fsp3) is 0.480. The van der Waals surface area contributed by atoms with Crippen molar-refractivity contribution in [3.8, 4) is 17.2 Å². The number of nitriles is 1. The topological polar surface area (TPSA) is 103 Å². The monoisotopic (exact) mass is 503 g/mol. The van der Waals surface area contributed by atoms with Crippen molar-refractivity contribution in [3.63, 3.8) is 0 Å². The molecule has 0 radical (unpaired) electrons. The van der Waals surface area contributed by atoms with Gasteiger partial charge in [-0.1, -0.05) is 25.7 Å². The summed E-state index contributed by atoms with van der Waals surface area (Å²) in [5.74, 6) is -1.37. The van der Waals surface area contributed by atoms with Crippen molar-refractivity contribution in [2.24, 2.45) is 0 Å². The molecule has 0 saturated carbocycles. The first-order chi connectivity index (χ1) is 16.3. The Morgan fingerprint density at radius 2 is 1.91 bits per heavy atom. The average Bonchev–Trinajstić information content (AvgIpc) is 3.09.